The molecule has 0 radical (unpaired) electrons. The molecule has 2 aromatic carbocycles. The van der Waals surface area contributed by atoms with Crippen molar-refractivity contribution in [2.75, 3.05) is 33.9 Å². The van der Waals surface area contributed by atoms with E-state index >= 15 is 0 Å². The van der Waals surface area contributed by atoms with E-state index in [0.29, 0.717) is 25.8 Å². The lowest BCUT2D eigenvalue weighted by molar-refractivity contribution is -0.136. The highest BCUT2D eigenvalue weighted by Gasteiger charge is 2.58. The fraction of sp³-hybridized carbons (Fsp3) is 0.481. The van der Waals surface area contributed by atoms with Crippen LogP contribution in [0.2, 0.25) is 0 Å². The van der Waals surface area contributed by atoms with Crippen LogP contribution in [0, 0.1) is 0 Å². The molecular formula is C27H35N3O4. The van der Waals surface area contributed by atoms with Gasteiger partial charge in [0.2, 0.25) is 0 Å². The van der Waals surface area contributed by atoms with Crippen molar-refractivity contribution in [3.05, 3.63) is 59.7 Å². The predicted octanol–water partition coefficient (Wildman–Crippen LogP) is 3.95. The lowest BCUT2D eigenvalue weighted by atomic mass is 9.85. The van der Waals surface area contributed by atoms with Crippen LogP contribution in [-0.4, -0.2) is 72.1 Å². The fourth-order valence-corrected chi connectivity index (χ4v) is 5.09. The number of ether oxygens (including phenoxy) is 2. The molecular weight excluding hydrogens is 430 g/mol. The van der Waals surface area contributed by atoms with Crippen molar-refractivity contribution >= 4 is 11.9 Å². The van der Waals surface area contributed by atoms with E-state index in [-0.39, 0.29) is 18.0 Å². The second-order valence-corrected chi connectivity index (χ2v) is 9.46. The highest BCUT2D eigenvalue weighted by Crippen LogP contribution is 2.38. The minimum absolute atomic E-state index is 0.0358. The smallest absolute Gasteiger partial charge is 0.327 e. The third-order valence-electron chi connectivity index (χ3n) is 7.12. The number of amides is 3. The summed E-state index contributed by atoms with van der Waals surface area (Å²) >= 11 is 0. The van der Waals surface area contributed by atoms with E-state index in [1.165, 1.54) is 10.5 Å². The molecule has 1 spiro atoms. The van der Waals surface area contributed by atoms with E-state index in [9.17, 15) is 9.59 Å². The lowest BCUT2D eigenvalue weighted by Gasteiger charge is -2.42. The minimum Gasteiger partial charge on any atom is -0.497 e. The monoisotopic (exact) mass is 465 g/mol. The van der Waals surface area contributed by atoms with Gasteiger partial charge >= 0.3 is 6.03 Å². The first-order chi connectivity index (χ1) is 16.4. The number of urea groups is 1. The zero-order valence-electron chi connectivity index (χ0n) is 20.6. The van der Waals surface area contributed by atoms with Crippen molar-refractivity contribution < 1.29 is 19.1 Å². The Balaban J connectivity index is 1.47. The van der Waals surface area contributed by atoms with Crippen LogP contribution in [0.25, 0.3) is 0 Å². The number of carbonyl (C=O) groups excluding carboxylic acids is 2. The van der Waals surface area contributed by atoms with Crippen LogP contribution in [-0.2, 0) is 17.8 Å². The number of hydrogen-bond acceptors (Lipinski definition) is 5. The molecule has 2 saturated heterocycles. The van der Waals surface area contributed by atoms with E-state index in [4.69, 9.17) is 9.47 Å². The van der Waals surface area contributed by atoms with E-state index < -0.39 is 5.54 Å². The number of likely N-dealkylation sites (tertiary alicyclic amines) is 1. The first kappa shape index (κ1) is 24.1. The van der Waals surface area contributed by atoms with Gasteiger partial charge in [-0.1, -0.05) is 24.3 Å². The second kappa shape index (κ2) is 10.1. The van der Waals surface area contributed by atoms with Crippen LogP contribution in [0.3, 0.4) is 0 Å². The quantitative estimate of drug-likeness (QED) is 0.553. The van der Waals surface area contributed by atoms with Gasteiger partial charge < -0.3 is 14.4 Å². The van der Waals surface area contributed by atoms with Crippen molar-refractivity contribution in [1.29, 1.82) is 0 Å². The molecule has 2 fully saturated rings. The summed E-state index contributed by atoms with van der Waals surface area (Å²) in [6.45, 7) is 6.72. The molecule has 182 valence electrons. The van der Waals surface area contributed by atoms with Gasteiger partial charge in [-0.3, -0.25) is 14.6 Å². The Bertz CT molecular complexity index is 996. The van der Waals surface area contributed by atoms with Crippen molar-refractivity contribution in [3.63, 3.8) is 0 Å². The summed E-state index contributed by atoms with van der Waals surface area (Å²) in [4.78, 5) is 32.6. The molecule has 7 nitrogen and oxygen atoms in total. The first-order valence-corrected chi connectivity index (χ1v) is 12.0. The van der Waals surface area contributed by atoms with Gasteiger partial charge in [-0.25, -0.2) is 4.79 Å². The maximum absolute atomic E-state index is 13.6. The molecule has 0 aromatic heterocycles. The minimum atomic E-state index is -0.746. The molecule has 2 aliphatic heterocycles. The molecule has 2 aliphatic rings. The summed E-state index contributed by atoms with van der Waals surface area (Å²) in [5, 5.41) is 0. The van der Waals surface area contributed by atoms with Crippen molar-refractivity contribution in [3.8, 4) is 11.5 Å². The number of rotatable bonds is 8. The van der Waals surface area contributed by atoms with Gasteiger partial charge in [-0.15, -0.1) is 0 Å². The average Bonchev–Trinajstić information content (AvgIpc) is 3.05. The third kappa shape index (κ3) is 4.62. The molecule has 0 atom stereocenters. The largest absolute Gasteiger partial charge is 0.497 e. The van der Waals surface area contributed by atoms with Crippen LogP contribution in [0.15, 0.2) is 48.5 Å². The van der Waals surface area contributed by atoms with Gasteiger partial charge in [0.05, 0.1) is 14.2 Å². The Morgan fingerprint density at radius 2 is 1.38 bits per heavy atom. The van der Waals surface area contributed by atoms with Gasteiger partial charge in [-0.05, 0) is 68.5 Å². The average molecular weight is 466 g/mol. The number of carbonyl (C=O) groups is 2. The van der Waals surface area contributed by atoms with Crippen molar-refractivity contribution in [2.45, 2.75) is 51.2 Å². The fourth-order valence-electron chi connectivity index (χ4n) is 5.09. The highest BCUT2D eigenvalue weighted by molar-refractivity contribution is 6.07. The number of hydrogen-bond donors (Lipinski definition) is 0. The van der Waals surface area contributed by atoms with Crippen LogP contribution >= 0.6 is 0 Å². The molecule has 0 saturated carbocycles. The Hall–Kier alpha value is -3.06. The summed E-state index contributed by atoms with van der Waals surface area (Å²) in [7, 11) is 3.31. The second-order valence-electron chi connectivity index (χ2n) is 9.46. The van der Waals surface area contributed by atoms with Gasteiger partial charge in [0.25, 0.3) is 5.91 Å². The van der Waals surface area contributed by atoms with Crippen LogP contribution in [0.1, 0.15) is 37.8 Å². The molecule has 2 heterocycles. The molecule has 0 N–H and O–H groups in total. The number of piperidine rings is 1. The first-order valence-electron chi connectivity index (χ1n) is 12.0. The van der Waals surface area contributed by atoms with E-state index in [2.05, 4.69) is 17.0 Å². The Morgan fingerprint density at radius 3 is 1.88 bits per heavy atom. The lowest BCUT2D eigenvalue weighted by Crippen LogP contribution is -2.56. The van der Waals surface area contributed by atoms with Crippen molar-refractivity contribution in [2.24, 2.45) is 0 Å². The van der Waals surface area contributed by atoms with Gasteiger partial charge in [-0.2, -0.15) is 0 Å². The maximum Gasteiger partial charge on any atom is 0.327 e. The van der Waals surface area contributed by atoms with E-state index in [0.717, 1.165) is 36.7 Å². The topological polar surface area (TPSA) is 62.3 Å². The van der Waals surface area contributed by atoms with Gasteiger partial charge in [0, 0.05) is 32.2 Å². The third-order valence-corrected chi connectivity index (χ3v) is 7.12. The number of benzene rings is 2. The molecule has 2 aromatic rings. The molecule has 0 aliphatic carbocycles. The van der Waals surface area contributed by atoms with Crippen LogP contribution in [0.4, 0.5) is 4.79 Å². The molecule has 0 bridgehead atoms. The highest BCUT2D eigenvalue weighted by atomic mass is 16.5. The Kier molecular flexibility index (Phi) is 7.12. The van der Waals surface area contributed by atoms with E-state index in [1.54, 1.807) is 14.2 Å². The zero-order chi connectivity index (χ0) is 24.3. The van der Waals surface area contributed by atoms with Crippen LogP contribution in [0.5, 0.6) is 11.5 Å². The summed E-state index contributed by atoms with van der Waals surface area (Å²) in [5.41, 5.74) is 1.59. The Labute approximate surface area is 202 Å². The summed E-state index contributed by atoms with van der Waals surface area (Å²) in [6, 6.07) is 15.7. The summed E-state index contributed by atoms with van der Waals surface area (Å²) in [6.07, 6.45) is 2.01. The van der Waals surface area contributed by atoms with Gasteiger partial charge in [0.1, 0.15) is 17.0 Å². The Morgan fingerprint density at radius 1 is 0.853 bits per heavy atom. The molecule has 0 unspecified atom stereocenters. The standard InChI is InChI=1S/C27H35N3O4/c1-20(2)30-25(31)27(29(26(30)32)16-13-21-5-9-23(33-3)10-6-21)14-17-28(18-15-27)19-22-7-11-24(34-4)12-8-22/h5-12,20H,13-19H2,1-4H3. The summed E-state index contributed by atoms with van der Waals surface area (Å²) < 4.78 is 10.5. The number of imide groups is 1. The number of methoxy groups -OCH3 is 2. The normalized spacial score (nSPS) is 18.3. The zero-order valence-corrected chi connectivity index (χ0v) is 20.6. The predicted molar refractivity (Wildman–Crippen MR) is 131 cm³/mol. The molecule has 7 heteroatoms. The van der Waals surface area contributed by atoms with Gasteiger partial charge in [0.15, 0.2) is 0 Å². The molecule has 3 amide bonds. The number of nitrogens with zero attached hydrogens (tertiary/aromatic N) is 3. The SMILES string of the molecule is COc1ccc(CCN2C(=O)N(C(C)C)C(=O)C23CCN(Cc2ccc(OC)cc2)CC3)cc1. The molecule has 34 heavy (non-hydrogen) atoms. The summed E-state index contributed by atoms with van der Waals surface area (Å²) in [5.74, 6) is 1.62. The van der Waals surface area contributed by atoms with Crippen LogP contribution < -0.4 is 9.47 Å². The maximum atomic E-state index is 13.6. The molecule has 4 rings (SSSR count). The van der Waals surface area contributed by atoms with Crippen molar-refractivity contribution in [1.82, 2.24) is 14.7 Å². The van der Waals surface area contributed by atoms with E-state index in [1.807, 2.05) is 55.1 Å².